The third kappa shape index (κ3) is 3.74. The van der Waals surface area contributed by atoms with Crippen LogP contribution in [0, 0.1) is 0 Å². The number of benzene rings is 2. The van der Waals surface area contributed by atoms with Crippen LogP contribution in [0.1, 0.15) is 0 Å². The molecule has 0 fully saturated rings. The highest BCUT2D eigenvalue weighted by Gasteiger charge is 2.07. The normalized spacial score (nSPS) is 10.7. The molecule has 2 aromatic carbocycles. The third-order valence-corrected chi connectivity index (χ3v) is 5.02. The molecule has 5 aromatic rings. The average molecular weight is 385 g/mol. The van der Waals surface area contributed by atoms with Crippen molar-refractivity contribution in [1.82, 2.24) is 15.0 Å². The van der Waals surface area contributed by atoms with Gasteiger partial charge in [-0.3, -0.25) is 9.97 Å². The summed E-state index contributed by atoms with van der Waals surface area (Å²) in [6.45, 7) is 0. The molecule has 0 unspecified atom stereocenters. The van der Waals surface area contributed by atoms with Crippen molar-refractivity contribution < 1.29 is 0 Å². The van der Waals surface area contributed by atoms with Gasteiger partial charge in [-0.05, 0) is 58.7 Å². The van der Waals surface area contributed by atoms with Crippen molar-refractivity contribution >= 4 is 0 Å². The molecule has 0 N–H and O–H groups in total. The Bertz CT molecular complexity index is 1260. The van der Waals surface area contributed by atoms with Gasteiger partial charge in [-0.25, -0.2) is 4.98 Å². The Morgan fingerprint density at radius 2 is 0.967 bits per heavy atom. The lowest BCUT2D eigenvalue weighted by Gasteiger charge is -2.08. The summed E-state index contributed by atoms with van der Waals surface area (Å²) in [6, 6.07) is 34.9. The van der Waals surface area contributed by atoms with Gasteiger partial charge in [0.05, 0.1) is 22.8 Å². The summed E-state index contributed by atoms with van der Waals surface area (Å²) in [5.74, 6) is 0. The summed E-state index contributed by atoms with van der Waals surface area (Å²) >= 11 is 0. The molecule has 142 valence electrons. The Labute approximate surface area is 175 Å². The fourth-order valence-corrected chi connectivity index (χ4v) is 3.47. The molecule has 0 atom stereocenters. The van der Waals surface area contributed by atoms with Gasteiger partial charge >= 0.3 is 0 Å². The van der Waals surface area contributed by atoms with Crippen molar-refractivity contribution in [1.29, 1.82) is 0 Å². The number of hydrogen-bond donors (Lipinski definition) is 0. The first-order valence-corrected chi connectivity index (χ1v) is 9.87. The number of rotatable bonds is 4. The molecule has 0 saturated heterocycles. The van der Waals surface area contributed by atoms with E-state index in [1.54, 1.807) is 6.20 Å². The second kappa shape index (κ2) is 8.10. The van der Waals surface area contributed by atoms with Gasteiger partial charge in [-0.1, -0.05) is 66.7 Å². The van der Waals surface area contributed by atoms with Crippen LogP contribution in [0.3, 0.4) is 0 Å². The van der Waals surface area contributed by atoms with Gasteiger partial charge in [-0.2, -0.15) is 0 Å². The van der Waals surface area contributed by atoms with E-state index >= 15 is 0 Å². The van der Waals surface area contributed by atoms with Gasteiger partial charge in [0, 0.05) is 12.4 Å². The van der Waals surface area contributed by atoms with Crippen molar-refractivity contribution in [2.24, 2.45) is 0 Å². The molecule has 30 heavy (non-hydrogen) atoms. The predicted molar refractivity (Wildman–Crippen MR) is 122 cm³/mol. The molecule has 0 spiro atoms. The van der Waals surface area contributed by atoms with Crippen LogP contribution in [0.25, 0.3) is 45.0 Å². The van der Waals surface area contributed by atoms with E-state index in [-0.39, 0.29) is 0 Å². The largest absolute Gasteiger partial charge is 0.255 e. The first-order valence-electron chi connectivity index (χ1n) is 9.87. The molecule has 0 radical (unpaired) electrons. The number of aromatic nitrogens is 3. The lowest BCUT2D eigenvalue weighted by atomic mass is 10.0. The molecule has 0 aliphatic carbocycles. The smallest absolute Gasteiger partial charge is 0.0894 e. The van der Waals surface area contributed by atoms with Crippen LogP contribution in [0.2, 0.25) is 0 Å². The quantitative estimate of drug-likeness (QED) is 0.352. The zero-order valence-corrected chi connectivity index (χ0v) is 16.3. The SMILES string of the molecule is c1ccc(-c2ccc(-c3ccnc(-c4cccc(-c5ccccn5)n4)c3)cc2)cc1. The predicted octanol–water partition coefficient (Wildman–Crippen LogP) is 6.54. The Morgan fingerprint density at radius 3 is 1.70 bits per heavy atom. The summed E-state index contributed by atoms with van der Waals surface area (Å²) in [7, 11) is 0. The molecule has 3 heterocycles. The minimum atomic E-state index is 0.834. The van der Waals surface area contributed by atoms with Crippen LogP contribution >= 0.6 is 0 Å². The number of pyridine rings is 3. The van der Waals surface area contributed by atoms with Crippen molar-refractivity contribution in [3.8, 4) is 45.0 Å². The van der Waals surface area contributed by atoms with Crippen LogP contribution in [0.5, 0.6) is 0 Å². The highest BCUT2D eigenvalue weighted by molar-refractivity contribution is 5.73. The average Bonchev–Trinajstić information content (AvgIpc) is 2.85. The van der Waals surface area contributed by atoms with Crippen LogP contribution in [0.15, 0.2) is 116 Å². The standard InChI is InChI=1S/C27H19N3/c1-2-7-20(8-3-1)21-12-14-22(15-13-21)23-16-18-29-27(19-23)26-11-6-10-25(30-26)24-9-4-5-17-28-24/h1-19H. The Morgan fingerprint density at radius 1 is 0.367 bits per heavy atom. The van der Waals surface area contributed by atoms with Gasteiger partial charge in [0.1, 0.15) is 0 Å². The summed E-state index contributed by atoms with van der Waals surface area (Å²) in [5, 5.41) is 0. The summed E-state index contributed by atoms with van der Waals surface area (Å²) in [5.41, 5.74) is 8.06. The lowest BCUT2D eigenvalue weighted by Crippen LogP contribution is -1.92. The van der Waals surface area contributed by atoms with Gasteiger partial charge in [0.15, 0.2) is 0 Å². The molecule has 0 saturated carbocycles. The topological polar surface area (TPSA) is 38.7 Å². The van der Waals surface area contributed by atoms with E-state index in [4.69, 9.17) is 4.98 Å². The molecular weight excluding hydrogens is 366 g/mol. The van der Waals surface area contributed by atoms with Crippen molar-refractivity contribution in [2.75, 3.05) is 0 Å². The van der Waals surface area contributed by atoms with Gasteiger partial charge in [0.25, 0.3) is 0 Å². The van der Waals surface area contributed by atoms with Crippen molar-refractivity contribution in [3.05, 3.63) is 116 Å². The lowest BCUT2D eigenvalue weighted by molar-refractivity contribution is 1.22. The molecular formula is C27H19N3. The molecule has 3 nitrogen and oxygen atoms in total. The van der Waals surface area contributed by atoms with Crippen LogP contribution < -0.4 is 0 Å². The summed E-state index contributed by atoms with van der Waals surface area (Å²) in [6.07, 6.45) is 3.62. The Kier molecular flexibility index (Phi) is 4.84. The van der Waals surface area contributed by atoms with Crippen molar-refractivity contribution in [2.45, 2.75) is 0 Å². The minimum absolute atomic E-state index is 0.834. The molecule has 3 aromatic heterocycles. The molecule has 0 bridgehead atoms. The second-order valence-electron chi connectivity index (χ2n) is 7.00. The maximum absolute atomic E-state index is 4.78. The van der Waals surface area contributed by atoms with E-state index in [9.17, 15) is 0 Å². The highest BCUT2D eigenvalue weighted by Crippen LogP contribution is 2.27. The van der Waals surface area contributed by atoms with E-state index in [2.05, 4.69) is 64.6 Å². The summed E-state index contributed by atoms with van der Waals surface area (Å²) < 4.78 is 0. The minimum Gasteiger partial charge on any atom is -0.255 e. The van der Waals surface area contributed by atoms with E-state index in [0.717, 1.165) is 33.9 Å². The van der Waals surface area contributed by atoms with Gasteiger partial charge in [0.2, 0.25) is 0 Å². The fraction of sp³-hybridized carbons (Fsp3) is 0. The Balaban J connectivity index is 1.46. The maximum Gasteiger partial charge on any atom is 0.0894 e. The molecule has 5 rings (SSSR count). The van der Waals surface area contributed by atoms with Crippen LogP contribution in [0.4, 0.5) is 0 Å². The first kappa shape index (κ1) is 18.0. The van der Waals surface area contributed by atoms with Crippen LogP contribution in [-0.2, 0) is 0 Å². The Hall–Kier alpha value is -4.11. The third-order valence-electron chi connectivity index (χ3n) is 5.02. The maximum atomic E-state index is 4.78. The number of hydrogen-bond acceptors (Lipinski definition) is 3. The first-order chi connectivity index (χ1) is 14.9. The highest BCUT2D eigenvalue weighted by atomic mass is 14.8. The second-order valence-corrected chi connectivity index (χ2v) is 7.00. The summed E-state index contributed by atoms with van der Waals surface area (Å²) in [4.78, 5) is 13.7. The molecule has 0 amide bonds. The van der Waals surface area contributed by atoms with Gasteiger partial charge in [-0.15, -0.1) is 0 Å². The zero-order valence-electron chi connectivity index (χ0n) is 16.3. The van der Waals surface area contributed by atoms with E-state index in [0.29, 0.717) is 0 Å². The molecule has 0 aliphatic heterocycles. The van der Waals surface area contributed by atoms with E-state index in [1.807, 2.05) is 54.7 Å². The fourth-order valence-electron chi connectivity index (χ4n) is 3.47. The van der Waals surface area contributed by atoms with Gasteiger partial charge < -0.3 is 0 Å². The van der Waals surface area contributed by atoms with Crippen LogP contribution in [-0.4, -0.2) is 15.0 Å². The van der Waals surface area contributed by atoms with Crippen molar-refractivity contribution in [3.63, 3.8) is 0 Å². The number of nitrogens with zero attached hydrogens (tertiary/aromatic N) is 3. The monoisotopic (exact) mass is 385 g/mol. The molecule has 3 heteroatoms. The van der Waals surface area contributed by atoms with E-state index < -0.39 is 0 Å². The zero-order chi connectivity index (χ0) is 20.2. The molecule has 0 aliphatic rings. The van der Waals surface area contributed by atoms with E-state index in [1.165, 1.54) is 11.1 Å².